The Kier molecular flexibility index (Phi) is 5.49. The Labute approximate surface area is 162 Å². The van der Waals surface area contributed by atoms with Gasteiger partial charge in [0.2, 0.25) is 0 Å². The minimum atomic E-state index is 0.788. The minimum Gasteiger partial charge on any atom is -0.355 e. The fourth-order valence-electron chi connectivity index (χ4n) is 3.93. The summed E-state index contributed by atoms with van der Waals surface area (Å²) in [6, 6.07) is 4.45. The van der Waals surface area contributed by atoms with Crippen LogP contribution in [-0.2, 0) is 0 Å². The molecule has 5 heteroatoms. The normalized spacial score (nSPS) is 11.4. The topological polar surface area (TPSA) is 46.8 Å². The van der Waals surface area contributed by atoms with E-state index in [-0.39, 0.29) is 0 Å². The van der Waals surface area contributed by atoms with Gasteiger partial charge in [-0.25, -0.2) is 15.0 Å². The summed E-state index contributed by atoms with van der Waals surface area (Å²) in [4.78, 5) is 16.8. The van der Waals surface area contributed by atoms with Crippen molar-refractivity contribution in [1.29, 1.82) is 0 Å². The first-order valence-corrected chi connectivity index (χ1v) is 9.94. The molecule has 0 N–H and O–H groups in total. The maximum absolute atomic E-state index is 4.91. The van der Waals surface area contributed by atoms with Gasteiger partial charge in [0.15, 0.2) is 17.0 Å². The van der Waals surface area contributed by atoms with Crippen molar-refractivity contribution in [3.8, 4) is 5.69 Å². The van der Waals surface area contributed by atoms with Crippen LogP contribution in [0.4, 0.5) is 5.82 Å². The Morgan fingerprint density at radius 2 is 1.59 bits per heavy atom. The molecule has 0 aliphatic heterocycles. The second kappa shape index (κ2) is 7.67. The van der Waals surface area contributed by atoms with E-state index in [2.05, 4.69) is 63.1 Å². The van der Waals surface area contributed by atoms with E-state index in [1.54, 1.807) is 0 Å². The van der Waals surface area contributed by atoms with Crippen LogP contribution < -0.4 is 4.90 Å². The lowest BCUT2D eigenvalue weighted by atomic mass is 10.0. The number of rotatable bonds is 6. The second-order valence-electron chi connectivity index (χ2n) is 7.44. The van der Waals surface area contributed by atoms with Crippen molar-refractivity contribution in [3.05, 3.63) is 40.5 Å². The number of imidazole rings is 1. The standard InChI is InChI=1S/C22H31N5/c1-8-10-11-26(9-2)21-19-22(24-17(6)23-21)27(18(7)25-19)20-15(4)12-14(3)13-16(20)5/h12-13H,8-11H2,1-7H3. The quantitative estimate of drug-likeness (QED) is 0.618. The Morgan fingerprint density at radius 3 is 2.19 bits per heavy atom. The van der Waals surface area contributed by atoms with Gasteiger partial charge in [-0.3, -0.25) is 4.57 Å². The first kappa shape index (κ1) is 19.3. The summed E-state index contributed by atoms with van der Waals surface area (Å²) in [5.74, 6) is 2.70. The number of aromatic nitrogens is 4. The van der Waals surface area contributed by atoms with Crippen LogP contribution in [-0.4, -0.2) is 32.6 Å². The van der Waals surface area contributed by atoms with Crippen LogP contribution in [0.3, 0.4) is 0 Å². The number of hydrogen-bond acceptors (Lipinski definition) is 4. The molecule has 0 saturated heterocycles. The maximum atomic E-state index is 4.91. The highest BCUT2D eigenvalue weighted by molar-refractivity contribution is 5.86. The van der Waals surface area contributed by atoms with E-state index >= 15 is 0 Å². The molecule has 0 fully saturated rings. The van der Waals surface area contributed by atoms with Crippen molar-refractivity contribution in [2.45, 2.75) is 61.3 Å². The minimum absolute atomic E-state index is 0.788. The molecule has 2 heterocycles. The molecule has 0 aliphatic carbocycles. The fraction of sp³-hybridized carbons (Fsp3) is 0.500. The van der Waals surface area contributed by atoms with Crippen molar-refractivity contribution in [2.75, 3.05) is 18.0 Å². The van der Waals surface area contributed by atoms with Crippen molar-refractivity contribution in [3.63, 3.8) is 0 Å². The van der Waals surface area contributed by atoms with E-state index in [4.69, 9.17) is 15.0 Å². The molecule has 0 amide bonds. The van der Waals surface area contributed by atoms with Gasteiger partial charge in [-0.15, -0.1) is 0 Å². The molecular formula is C22H31N5. The molecule has 0 radical (unpaired) electrons. The number of anilines is 1. The van der Waals surface area contributed by atoms with Crippen LogP contribution in [0, 0.1) is 34.6 Å². The SMILES string of the molecule is CCCCN(CC)c1nc(C)nc2c1nc(C)n2-c1c(C)cc(C)cc1C. The average molecular weight is 366 g/mol. The molecule has 5 nitrogen and oxygen atoms in total. The number of unbranched alkanes of at least 4 members (excludes halogenated alkanes) is 1. The summed E-state index contributed by atoms with van der Waals surface area (Å²) < 4.78 is 2.20. The van der Waals surface area contributed by atoms with Gasteiger partial charge in [-0.1, -0.05) is 31.0 Å². The zero-order valence-corrected chi connectivity index (χ0v) is 17.7. The first-order chi connectivity index (χ1) is 12.9. The van der Waals surface area contributed by atoms with Crippen molar-refractivity contribution in [1.82, 2.24) is 19.5 Å². The third-order valence-electron chi connectivity index (χ3n) is 5.09. The molecule has 3 aromatic rings. The molecule has 144 valence electrons. The van der Waals surface area contributed by atoms with Crippen LogP contribution in [0.15, 0.2) is 12.1 Å². The van der Waals surface area contributed by atoms with E-state index in [9.17, 15) is 0 Å². The van der Waals surface area contributed by atoms with Gasteiger partial charge in [-0.2, -0.15) is 0 Å². The van der Waals surface area contributed by atoms with Crippen LogP contribution in [0.1, 0.15) is 55.0 Å². The van der Waals surface area contributed by atoms with Gasteiger partial charge in [0.25, 0.3) is 0 Å². The molecule has 0 aliphatic rings. The van der Waals surface area contributed by atoms with Crippen LogP contribution in [0.25, 0.3) is 16.9 Å². The van der Waals surface area contributed by atoms with Gasteiger partial charge >= 0.3 is 0 Å². The summed E-state index contributed by atoms with van der Waals surface area (Å²) in [6.45, 7) is 16.8. The molecule has 0 unspecified atom stereocenters. The predicted molar refractivity (Wildman–Crippen MR) is 113 cm³/mol. The van der Waals surface area contributed by atoms with E-state index in [0.29, 0.717) is 0 Å². The molecule has 3 rings (SSSR count). The molecular weight excluding hydrogens is 334 g/mol. The fourth-order valence-corrected chi connectivity index (χ4v) is 3.93. The third-order valence-corrected chi connectivity index (χ3v) is 5.09. The zero-order chi connectivity index (χ0) is 19.7. The van der Waals surface area contributed by atoms with Crippen LogP contribution >= 0.6 is 0 Å². The van der Waals surface area contributed by atoms with Gasteiger partial charge in [0.05, 0.1) is 5.69 Å². The lowest BCUT2D eigenvalue weighted by Gasteiger charge is -2.22. The predicted octanol–water partition coefficient (Wildman–Crippen LogP) is 4.98. The van der Waals surface area contributed by atoms with E-state index < -0.39 is 0 Å². The monoisotopic (exact) mass is 365 g/mol. The van der Waals surface area contributed by atoms with E-state index in [1.165, 1.54) is 28.8 Å². The summed E-state index contributed by atoms with van der Waals surface area (Å²) in [6.07, 6.45) is 2.31. The number of fused-ring (bicyclic) bond motifs is 1. The lowest BCUT2D eigenvalue weighted by molar-refractivity contribution is 0.723. The molecule has 0 atom stereocenters. The van der Waals surface area contributed by atoms with Crippen molar-refractivity contribution < 1.29 is 0 Å². The number of benzene rings is 1. The second-order valence-corrected chi connectivity index (χ2v) is 7.44. The summed E-state index contributed by atoms with van der Waals surface area (Å²) in [7, 11) is 0. The third kappa shape index (κ3) is 3.55. The maximum Gasteiger partial charge on any atom is 0.170 e. The Bertz CT molecular complexity index is 947. The summed E-state index contributed by atoms with van der Waals surface area (Å²) >= 11 is 0. The summed E-state index contributed by atoms with van der Waals surface area (Å²) in [5.41, 5.74) is 6.74. The largest absolute Gasteiger partial charge is 0.355 e. The molecule has 2 aromatic heterocycles. The molecule has 27 heavy (non-hydrogen) atoms. The highest BCUT2D eigenvalue weighted by Gasteiger charge is 2.21. The van der Waals surface area contributed by atoms with Crippen molar-refractivity contribution >= 4 is 17.0 Å². The zero-order valence-electron chi connectivity index (χ0n) is 17.7. The number of nitrogens with zero attached hydrogens (tertiary/aromatic N) is 5. The van der Waals surface area contributed by atoms with Crippen molar-refractivity contribution in [2.24, 2.45) is 0 Å². The molecule has 0 spiro atoms. The van der Waals surface area contributed by atoms with Gasteiger partial charge in [0.1, 0.15) is 11.6 Å². The van der Waals surface area contributed by atoms with Gasteiger partial charge < -0.3 is 4.90 Å². The average Bonchev–Trinajstić information content (AvgIpc) is 2.91. The lowest BCUT2D eigenvalue weighted by Crippen LogP contribution is -2.25. The molecule has 1 aromatic carbocycles. The van der Waals surface area contributed by atoms with Crippen LogP contribution in [0.5, 0.6) is 0 Å². The van der Waals surface area contributed by atoms with E-state index in [1.807, 2.05) is 6.92 Å². The molecule has 0 saturated carbocycles. The Morgan fingerprint density at radius 1 is 0.926 bits per heavy atom. The highest BCUT2D eigenvalue weighted by atomic mass is 15.2. The Hall–Kier alpha value is -2.43. The van der Waals surface area contributed by atoms with E-state index in [0.717, 1.165) is 48.1 Å². The van der Waals surface area contributed by atoms with Gasteiger partial charge in [0, 0.05) is 13.1 Å². The van der Waals surface area contributed by atoms with Gasteiger partial charge in [-0.05, 0) is 59.1 Å². The smallest absolute Gasteiger partial charge is 0.170 e. The molecule has 0 bridgehead atoms. The summed E-state index contributed by atoms with van der Waals surface area (Å²) in [5, 5.41) is 0. The van der Waals surface area contributed by atoms with Crippen LogP contribution in [0.2, 0.25) is 0 Å². The highest BCUT2D eigenvalue weighted by Crippen LogP contribution is 2.30. The Balaban J connectivity index is 2.27. The first-order valence-electron chi connectivity index (χ1n) is 9.94. The number of aryl methyl sites for hydroxylation is 5. The number of hydrogen-bond donors (Lipinski definition) is 0.